The minimum absolute atomic E-state index is 0.166. The summed E-state index contributed by atoms with van der Waals surface area (Å²) in [5, 5.41) is 10.5. The molecule has 17 heavy (non-hydrogen) atoms. The Morgan fingerprint density at radius 3 is 2.76 bits per heavy atom. The van der Waals surface area contributed by atoms with Crippen molar-refractivity contribution in [3.05, 3.63) is 53.9 Å². The number of aryl methyl sites for hydroxylation is 1. The van der Waals surface area contributed by atoms with Crippen molar-refractivity contribution in [1.82, 2.24) is 10.2 Å². The van der Waals surface area contributed by atoms with E-state index in [1.165, 1.54) is 6.20 Å². The van der Waals surface area contributed by atoms with E-state index in [-0.39, 0.29) is 5.91 Å². The molecule has 4 heteroatoms. The number of carbonyl (C=O) groups excluding carboxylic acids is 1. The number of hydrogen-bond acceptors (Lipinski definition) is 3. The number of rotatable bonds is 3. The van der Waals surface area contributed by atoms with Crippen molar-refractivity contribution in [3.8, 4) is 0 Å². The number of anilines is 1. The van der Waals surface area contributed by atoms with Gasteiger partial charge in [0.05, 0.1) is 17.5 Å². The van der Waals surface area contributed by atoms with Gasteiger partial charge in [0.15, 0.2) is 0 Å². The first-order chi connectivity index (χ1) is 8.29. The van der Waals surface area contributed by atoms with Gasteiger partial charge < -0.3 is 5.32 Å². The second-order valence-corrected chi connectivity index (χ2v) is 3.61. The molecule has 0 aliphatic carbocycles. The van der Waals surface area contributed by atoms with Crippen LogP contribution in [0.15, 0.2) is 42.6 Å². The number of benzene rings is 1. The topological polar surface area (TPSA) is 54.9 Å². The minimum Gasteiger partial charge on any atom is -0.322 e. The Bertz CT molecular complexity index is 511. The fourth-order valence-corrected chi connectivity index (χ4v) is 1.43. The predicted molar refractivity (Wildman–Crippen MR) is 65.8 cm³/mol. The molecule has 0 spiro atoms. The van der Waals surface area contributed by atoms with Crippen LogP contribution >= 0.6 is 0 Å². The Labute approximate surface area is 99.7 Å². The van der Waals surface area contributed by atoms with Gasteiger partial charge in [-0.2, -0.15) is 10.2 Å². The van der Waals surface area contributed by atoms with Gasteiger partial charge in [0.2, 0.25) is 0 Å². The van der Waals surface area contributed by atoms with Gasteiger partial charge in [0, 0.05) is 5.69 Å². The lowest BCUT2D eigenvalue weighted by Crippen LogP contribution is -2.13. The molecule has 0 fully saturated rings. The summed E-state index contributed by atoms with van der Waals surface area (Å²) in [5.41, 5.74) is 2.11. The van der Waals surface area contributed by atoms with Crippen LogP contribution in [0.1, 0.15) is 23.0 Å². The summed E-state index contributed by atoms with van der Waals surface area (Å²) in [5.74, 6) is -0.166. The quantitative estimate of drug-likeness (QED) is 0.875. The SMILES string of the molecule is CCc1cc(C(=O)Nc2ccccc2)cnn1. The first kappa shape index (κ1) is 11.3. The summed E-state index contributed by atoms with van der Waals surface area (Å²) in [6.07, 6.45) is 2.23. The molecule has 0 aliphatic heterocycles. The van der Waals surface area contributed by atoms with Gasteiger partial charge in [-0.3, -0.25) is 4.79 Å². The molecule has 1 aromatic heterocycles. The second-order valence-electron chi connectivity index (χ2n) is 3.61. The standard InChI is InChI=1S/C13H13N3O/c1-2-11-8-10(9-14-16-11)13(17)15-12-6-4-3-5-7-12/h3-9H,2H2,1H3,(H,15,17). The van der Waals surface area contributed by atoms with Crippen LogP contribution in [0.4, 0.5) is 5.69 Å². The van der Waals surface area contributed by atoms with Crippen molar-refractivity contribution in [3.63, 3.8) is 0 Å². The van der Waals surface area contributed by atoms with Crippen LogP contribution in [-0.4, -0.2) is 16.1 Å². The Morgan fingerprint density at radius 2 is 2.06 bits per heavy atom. The largest absolute Gasteiger partial charge is 0.322 e. The van der Waals surface area contributed by atoms with E-state index in [2.05, 4.69) is 15.5 Å². The molecule has 0 aliphatic rings. The highest BCUT2D eigenvalue weighted by atomic mass is 16.1. The van der Waals surface area contributed by atoms with E-state index < -0.39 is 0 Å². The maximum absolute atomic E-state index is 11.9. The molecule has 1 N–H and O–H groups in total. The molecule has 0 atom stereocenters. The van der Waals surface area contributed by atoms with E-state index in [0.717, 1.165) is 17.8 Å². The fraction of sp³-hybridized carbons (Fsp3) is 0.154. The van der Waals surface area contributed by atoms with E-state index in [9.17, 15) is 4.79 Å². The number of hydrogen-bond donors (Lipinski definition) is 1. The summed E-state index contributed by atoms with van der Waals surface area (Å²) >= 11 is 0. The van der Waals surface area contributed by atoms with Gasteiger partial charge in [-0.25, -0.2) is 0 Å². The van der Waals surface area contributed by atoms with E-state index in [1.54, 1.807) is 6.07 Å². The van der Waals surface area contributed by atoms with Crippen LogP contribution in [0.5, 0.6) is 0 Å². The van der Waals surface area contributed by atoms with Gasteiger partial charge >= 0.3 is 0 Å². The summed E-state index contributed by atoms with van der Waals surface area (Å²) < 4.78 is 0. The number of aromatic nitrogens is 2. The molecule has 0 bridgehead atoms. The second kappa shape index (κ2) is 5.21. The Hall–Kier alpha value is -2.23. The van der Waals surface area contributed by atoms with Crippen molar-refractivity contribution in [2.45, 2.75) is 13.3 Å². The molecule has 0 radical (unpaired) electrons. The number of carbonyl (C=O) groups is 1. The average Bonchev–Trinajstić information content (AvgIpc) is 2.40. The third-order valence-corrected chi connectivity index (χ3v) is 2.36. The fourth-order valence-electron chi connectivity index (χ4n) is 1.43. The molecule has 4 nitrogen and oxygen atoms in total. The molecule has 2 rings (SSSR count). The zero-order valence-electron chi connectivity index (χ0n) is 9.55. The average molecular weight is 227 g/mol. The van der Waals surface area contributed by atoms with Gasteiger partial charge in [0.1, 0.15) is 0 Å². The van der Waals surface area contributed by atoms with Crippen molar-refractivity contribution >= 4 is 11.6 Å². The Kier molecular flexibility index (Phi) is 3.45. The van der Waals surface area contributed by atoms with E-state index in [4.69, 9.17) is 0 Å². The number of nitrogens with zero attached hydrogens (tertiary/aromatic N) is 2. The molecule has 1 aromatic carbocycles. The maximum atomic E-state index is 11.9. The lowest BCUT2D eigenvalue weighted by atomic mass is 10.2. The first-order valence-electron chi connectivity index (χ1n) is 5.47. The Balaban J connectivity index is 2.14. The van der Waals surface area contributed by atoms with E-state index in [0.29, 0.717) is 5.56 Å². The normalized spacial score (nSPS) is 9.94. The number of nitrogens with one attached hydrogen (secondary N) is 1. The molecule has 0 unspecified atom stereocenters. The lowest BCUT2D eigenvalue weighted by molar-refractivity contribution is 0.102. The molecule has 0 saturated carbocycles. The summed E-state index contributed by atoms with van der Waals surface area (Å²) in [4.78, 5) is 11.9. The van der Waals surface area contributed by atoms with Crippen LogP contribution in [0.3, 0.4) is 0 Å². The van der Waals surface area contributed by atoms with E-state index in [1.807, 2.05) is 37.3 Å². The van der Waals surface area contributed by atoms with Crippen molar-refractivity contribution in [1.29, 1.82) is 0 Å². The molecular weight excluding hydrogens is 214 g/mol. The zero-order chi connectivity index (χ0) is 12.1. The molecule has 1 heterocycles. The lowest BCUT2D eigenvalue weighted by Gasteiger charge is -2.04. The van der Waals surface area contributed by atoms with Crippen molar-refractivity contribution in [2.75, 3.05) is 5.32 Å². The summed E-state index contributed by atoms with van der Waals surface area (Å²) in [6.45, 7) is 1.98. The third-order valence-electron chi connectivity index (χ3n) is 2.36. The summed E-state index contributed by atoms with van der Waals surface area (Å²) in [7, 11) is 0. The van der Waals surface area contributed by atoms with Gasteiger partial charge in [-0.1, -0.05) is 25.1 Å². The molecular formula is C13H13N3O. The Morgan fingerprint density at radius 1 is 1.29 bits per heavy atom. The summed E-state index contributed by atoms with van der Waals surface area (Å²) in [6, 6.07) is 11.1. The van der Waals surface area contributed by atoms with Crippen LogP contribution < -0.4 is 5.32 Å². The molecule has 1 amide bonds. The maximum Gasteiger partial charge on any atom is 0.257 e. The van der Waals surface area contributed by atoms with Crippen LogP contribution in [0, 0.1) is 0 Å². The third kappa shape index (κ3) is 2.87. The zero-order valence-corrected chi connectivity index (χ0v) is 9.55. The van der Waals surface area contributed by atoms with Gasteiger partial charge in [-0.05, 0) is 24.6 Å². The monoisotopic (exact) mass is 227 g/mol. The van der Waals surface area contributed by atoms with Crippen LogP contribution in [0.2, 0.25) is 0 Å². The highest BCUT2D eigenvalue weighted by molar-refractivity contribution is 6.04. The number of para-hydroxylation sites is 1. The molecule has 0 saturated heterocycles. The predicted octanol–water partition coefficient (Wildman–Crippen LogP) is 2.29. The highest BCUT2D eigenvalue weighted by Crippen LogP contribution is 2.08. The molecule has 86 valence electrons. The van der Waals surface area contributed by atoms with Gasteiger partial charge in [-0.15, -0.1) is 0 Å². The van der Waals surface area contributed by atoms with Crippen LogP contribution in [0.25, 0.3) is 0 Å². The van der Waals surface area contributed by atoms with Crippen LogP contribution in [-0.2, 0) is 6.42 Å². The first-order valence-corrected chi connectivity index (χ1v) is 5.47. The van der Waals surface area contributed by atoms with Crippen molar-refractivity contribution in [2.24, 2.45) is 0 Å². The molecule has 2 aromatic rings. The number of amides is 1. The highest BCUT2D eigenvalue weighted by Gasteiger charge is 2.07. The van der Waals surface area contributed by atoms with Crippen molar-refractivity contribution < 1.29 is 4.79 Å². The van der Waals surface area contributed by atoms with E-state index >= 15 is 0 Å². The smallest absolute Gasteiger partial charge is 0.257 e. The van der Waals surface area contributed by atoms with Gasteiger partial charge in [0.25, 0.3) is 5.91 Å². The minimum atomic E-state index is -0.166.